The largest absolute Gasteiger partial charge is 0.469 e. The van der Waals surface area contributed by atoms with Gasteiger partial charge in [-0.3, -0.25) is 9.59 Å². The standard InChI is InChI=1S/C21H29N5O3/c1-25(2)19(27)15-24-21(22-12-11-18-6-5-13-29-18)23-14-16-7-9-17(10-8-16)20(28)26(3)4/h5-10,13H,11-12,14-15H2,1-4H3,(H2,22,23,24). The lowest BCUT2D eigenvalue weighted by Crippen LogP contribution is -2.43. The fourth-order valence-corrected chi connectivity index (χ4v) is 2.43. The Bertz CT molecular complexity index is 811. The van der Waals surface area contributed by atoms with Crippen molar-refractivity contribution in [1.29, 1.82) is 0 Å². The molecule has 0 fully saturated rings. The first kappa shape index (κ1) is 22.0. The molecule has 0 aliphatic rings. The van der Waals surface area contributed by atoms with Gasteiger partial charge in [0.25, 0.3) is 5.91 Å². The first-order valence-electron chi connectivity index (χ1n) is 9.42. The normalized spacial score (nSPS) is 11.1. The Kier molecular flexibility index (Phi) is 8.27. The van der Waals surface area contributed by atoms with Gasteiger partial charge < -0.3 is 24.9 Å². The number of likely N-dealkylation sites (N-methyl/N-ethyl adjacent to an activating group) is 1. The number of hydrogen-bond acceptors (Lipinski definition) is 4. The van der Waals surface area contributed by atoms with Crippen LogP contribution in [0.15, 0.2) is 52.1 Å². The van der Waals surface area contributed by atoms with Crippen molar-refractivity contribution in [2.75, 3.05) is 41.3 Å². The zero-order valence-corrected chi connectivity index (χ0v) is 17.4. The van der Waals surface area contributed by atoms with Crippen LogP contribution in [0.5, 0.6) is 0 Å². The lowest BCUT2D eigenvalue weighted by atomic mass is 10.1. The molecule has 1 aromatic heterocycles. The number of amides is 2. The van der Waals surface area contributed by atoms with Gasteiger partial charge in [-0.1, -0.05) is 12.1 Å². The predicted molar refractivity (Wildman–Crippen MR) is 113 cm³/mol. The van der Waals surface area contributed by atoms with Crippen molar-refractivity contribution < 1.29 is 14.0 Å². The molecule has 29 heavy (non-hydrogen) atoms. The Hall–Kier alpha value is -3.29. The number of carbonyl (C=O) groups excluding carboxylic acids is 2. The molecule has 0 aliphatic heterocycles. The number of nitrogens with zero attached hydrogens (tertiary/aromatic N) is 3. The number of nitrogens with one attached hydrogen (secondary N) is 2. The third kappa shape index (κ3) is 7.33. The molecule has 0 bridgehead atoms. The van der Waals surface area contributed by atoms with Crippen LogP contribution in [-0.2, 0) is 17.8 Å². The maximum absolute atomic E-state index is 12.0. The Morgan fingerprint density at radius 2 is 1.72 bits per heavy atom. The van der Waals surface area contributed by atoms with E-state index in [-0.39, 0.29) is 18.4 Å². The first-order valence-corrected chi connectivity index (χ1v) is 9.42. The molecular weight excluding hydrogens is 370 g/mol. The van der Waals surface area contributed by atoms with E-state index in [1.807, 2.05) is 24.3 Å². The third-order valence-corrected chi connectivity index (χ3v) is 4.18. The summed E-state index contributed by atoms with van der Waals surface area (Å²) < 4.78 is 5.33. The highest BCUT2D eigenvalue weighted by atomic mass is 16.3. The van der Waals surface area contributed by atoms with Crippen LogP contribution in [0.1, 0.15) is 21.7 Å². The molecule has 0 aliphatic carbocycles. The van der Waals surface area contributed by atoms with Crippen LogP contribution in [0.3, 0.4) is 0 Å². The van der Waals surface area contributed by atoms with E-state index in [9.17, 15) is 9.59 Å². The van der Waals surface area contributed by atoms with E-state index in [2.05, 4.69) is 15.6 Å². The number of rotatable bonds is 8. The molecule has 0 spiro atoms. The van der Waals surface area contributed by atoms with E-state index in [1.54, 1.807) is 51.5 Å². The van der Waals surface area contributed by atoms with Gasteiger partial charge in [-0.15, -0.1) is 0 Å². The average molecular weight is 399 g/mol. The molecule has 0 unspecified atom stereocenters. The molecule has 8 heteroatoms. The summed E-state index contributed by atoms with van der Waals surface area (Å²) in [6, 6.07) is 11.1. The van der Waals surface area contributed by atoms with Gasteiger partial charge in [-0.2, -0.15) is 0 Å². The van der Waals surface area contributed by atoms with Gasteiger partial charge in [-0.25, -0.2) is 4.99 Å². The van der Waals surface area contributed by atoms with Gasteiger partial charge in [0.05, 0.1) is 19.4 Å². The smallest absolute Gasteiger partial charge is 0.253 e. The van der Waals surface area contributed by atoms with Crippen molar-refractivity contribution in [2.24, 2.45) is 4.99 Å². The van der Waals surface area contributed by atoms with Crippen LogP contribution >= 0.6 is 0 Å². The number of furan rings is 1. The fraction of sp³-hybridized carbons (Fsp3) is 0.381. The summed E-state index contributed by atoms with van der Waals surface area (Å²) in [7, 11) is 6.87. The third-order valence-electron chi connectivity index (χ3n) is 4.18. The van der Waals surface area contributed by atoms with E-state index in [4.69, 9.17) is 4.42 Å². The molecule has 2 amide bonds. The average Bonchev–Trinajstić information content (AvgIpc) is 3.22. The number of hydrogen-bond donors (Lipinski definition) is 2. The van der Waals surface area contributed by atoms with E-state index < -0.39 is 0 Å². The van der Waals surface area contributed by atoms with Gasteiger partial charge in [0.1, 0.15) is 5.76 Å². The van der Waals surface area contributed by atoms with Crippen LogP contribution in [-0.4, -0.2) is 68.9 Å². The maximum atomic E-state index is 12.0. The zero-order valence-electron chi connectivity index (χ0n) is 17.4. The summed E-state index contributed by atoms with van der Waals surface area (Å²) >= 11 is 0. The topological polar surface area (TPSA) is 90.2 Å². The molecular formula is C21H29N5O3. The summed E-state index contributed by atoms with van der Waals surface area (Å²) in [4.78, 5) is 31.5. The molecule has 0 atom stereocenters. The van der Waals surface area contributed by atoms with Crippen molar-refractivity contribution in [1.82, 2.24) is 20.4 Å². The SMILES string of the molecule is CN(C)C(=O)CNC(=NCc1ccc(C(=O)N(C)C)cc1)NCCc1ccco1. The summed E-state index contributed by atoms with van der Waals surface area (Å²) in [5, 5.41) is 6.27. The van der Waals surface area contributed by atoms with Crippen LogP contribution in [0, 0.1) is 0 Å². The molecule has 156 valence electrons. The second-order valence-electron chi connectivity index (χ2n) is 6.96. The maximum Gasteiger partial charge on any atom is 0.253 e. The molecule has 0 radical (unpaired) electrons. The number of carbonyl (C=O) groups is 2. The second-order valence-corrected chi connectivity index (χ2v) is 6.96. The van der Waals surface area contributed by atoms with E-state index in [0.717, 1.165) is 11.3 Å². The fourth-order valence-electron chi connectivity index (χ4n) is 2.43. The Morgan fingerprint density at radius 1 is 1.00 bits per heavy atom. The van der Waals surface area contributed by atoms with E-state index >= 15 is 0 Å². The van der Waals surface area contributed by atoms with Crippen LogP contribution in [0.4, 0.5) is 0 Å². The highest BCUT2D eigenvalue weighted by Crippen LogP contribution is 2.07. The molecule has 0 saturated carbocycles. The highest BCUT2D eigenvalue weighted by molar-refractivity contribution is 5.93. The van der Waals surface area contributed by atoms with Gasteiger partial charge in [0.2, 0.25) is 5.91 Å². The van der Waals surface area contributed by atoms with Gasteiger partial charge in [0.15, 0.2) is 5.96 Å². The van der Waals surface area contributed by atoms with Gasteiger partial charge in [0, 0.05) is 46.7 Å². The highest BCUT2D eigenvalue weighted by Gasteiger charge is 2.08. The molecule has 2 N–H and O–H groups in total. The monoisotopic (exact) mass is 399 g/mol. The van der Waals surface area contributed by atoms with Crippen LogP contribution < -0.4 is 10.6 Å². The second kappa shape index (κ2) is 10.9. The number of guanidine groups is 1. The molecule has 1 aromatic carbocycles. The van der Waals surface area contributed by atoms with Gasteiger partial charge >= 0.3 is 0 Å². The molecule has 2 rings (SSSR count). The molecule has 1 heterocycles. The summed E-state index contributed by atoms with van der Waals surface area (Å²) in [5.74, 6) is 1.34. The summed E-state index contributed by atoms with van der Waals surface area (Å²) in [5.41, 5.74) is 1.60. The Labute approximate surface area is 171 Å². The van der Waals surface area contributed by atoms with Crippen molar-refractivity contribution in [3.05, 3.63) is 59.5 Å². The predicted octanol–water partition coefficient (Wildman–Crippen LogP) is 1.35. The first-order chi connectivity index (χ1) is 13.9. The van der Waals surface area contributed by atoms with Gasteiger partial charge in [-0.05, 0) is 29.8 Å². The van der Waals surface area contributed by atoms with Crippen LogP contribution in [0.2, 0.25) is 0 Å². The molecule has 2 aromatic rings. The van der Waals surface area contributed by atoms with Crippen LogP contribution in [0.25, 0.3) is 0 Å². The lowest BCUT2D eigenvalue weighted by molar-refractivity contribution is -0.127. The quantitative estimate of drug-likeness (QED) is 0.517. The van der Waals surface area contributed by atoms with E-state index in [1.165, 1.54) is 4.90 Å². The van der Waals surface area contributed by atoms with Crippen molar-refractivity contribution >= 4 is 17.8 Å². The number of benzene rings is 1. The minimum Gasteiger partial charge on any atom is -0.469 e. The van der Waals surface area contributed by atoms with E-state index in [0.29, 0.717) is 31.0 Å². The summed E-state index contributed by atoms with van der Waals surface area (Å²) in [6.45, 7) is 1.18. The lowest BCUT2D eigenvalue weighted by Gasteiger charge is -2.15. The minimum atomic E-state index is -0.0444. The Balaban J connectivity index is 1.98. The minimum absolute atomic E-state index is 0.0378. The van der Waals surface area contributed by atoms with Crippen molar-refractivity contribution in [3.63, 3.8) is 0 Å². The summed E-state index contributed by atoms with van der Waals surface area (Å²) in [6.07, 6.45) is 2.35. The Morgan fingerprint density at radius 3 is 2.31 bits per heavy atom. The molecule has 0 saturated heterocycles. The number of aliphatic imine (C=N–C) groups is 1. The van der Waals surface area contributed by atoms with Crippen molar-refractivity contribution in [2.45, 2.75) is 13.0 Å². The molecule has 8 nitrogen and oxygen atoms in total. The zero-order chi connectivity index (χ0) is 21.2. The van der Waals surface area contributed by atoms with Crippen molar-refractivity contribution in [3.8, 4) is 0 Å².